The van der Waals surface area contributed by atoms with E-state index in [1.807, 2.05) is 18.2 Å². The summed E-state index contributed by atoms with van der Waals surface area (Å²) < 4.78 is 5.73. The maximum atomic E-state index is 11.7. The lowest BCUT2D eigenvalue weighted by atomic mass is 10.0. The second-order valence-electron chi connectivity index (χ2n) is 4.91. The number of benzene rings is 1. The third-order valence-corrected chi connectivity index (χ3v) is 3.81. The van der Waals surface area contributed by atoms with E-state index < -0.39 is 12.0 Å². The number of hydrogen-bond donors (Lipinski definition) is 3. The molecule has 7 heteroatoms. The van der Waals surface area contributed by atoms with Crippen LogP contribution in [0.5, 0.6) is 0 Å². The number of amides is 1. The largest absolute Gasteiger partial charge is 0.480 e. The molecule has 0 saturated heterocycles. The molecule has 0 aliphatic carbocycles. The van der Waals surface area contributed by atoms with Crippen molar-refractivity contribution in [3.8, 4) is 0 Å². The van der Waals surface area contributed by atoms with Crippen LogP contribution in [0, 0.1) is 0 Å². The average molecular weight is 369 g/mol. The zero-order valence-corrected chi connectivity index (χ0v) is 13.6. The highest BCUT2D eigenvalue weighted by atomic mass is 79.9. The molecule has 3 N–H and O–H groups in total. The maximum Gasteiger partial charge on any atom is 0.326 e. The molecule has 1 atom stereocenters. The first-order valence-corrected chi connectivity index (χ1v) is 7.57. The molecule has 0 aliphatic heterocycles. The Bertz CT molecular complexity index is 683. The second kappa shape index (κ2) is 7.42. The molecule has 0 radical (unpaired) electrons. The number of halogens is 1. The number of fused-ring (bicyclic) bond motifs is 1. The molecule has 2 aromatic rings. The Morgan fingerprint density at radius 1 is 1.45 bits per heavy atom. The van der Waals surface area contributed by atoms with E-state index in [1.54, 1.807) is 6.20 Å². The summed E-state index contributed by atoms with van der Waals surface area (Å²) in [5.74, 6) is -1.40. The summed E-state index contributed by atoms with van der Waals surface area (Å²) in [6.07, 6.45) is 2.12. The van der Waals surface area contributed by atoms with Crippen molar-refractivity contribution in [2.75, 3.05) is 13.7 Å². The number of aromatic amines is 1. The van der Waals surface area contributed by atoms with Crippen molar-refractivity contribution in [2.45, 2.75) is 18.9 Å². The number of ether oxygens (including phenoxy) is 1. The Kier molecular flexibility index (Phi) is 5.57. The van der Waals surface area contributed by atoms with Crippen LogP contribution < -0.4 is 5.32 Å². The van der Waals surface area contributed by atoms with Crippen LogP contribution in [0.2, 0.25) is 0 Å². The van der Waals surface area contributed by atoms with Crippen LogP contribution in [0.4, 0.5) is 0 Å². The lowest BCUT2D eigenvalue weighted by Gasteiger charge is -2.14. The third kappa shape index (κ3) is 4.08. The van der Waals surface area contributed by atoms with E-state index in [0.29, 0.717) is 0 Å². The van der Waals surface area contributed by atoms with E-state index in [4.69, 9.17) is 4.74 Å². The molecule has 0 fully saturated rings. The number of methoxy groups -OCH3 is 1. The molecule has 1 unspecified atom stereocenters. The van der Waals surface area contributed by atoms with Crippen molar-refractivity contribution in [2.24, 2.45) is 0 Å². The smallest absolute Gasteiger partial charge is 0.326 e. The summed E-state index contributed by atoms with van der Waals surface area (Å²) >= 11 is 3.40. The minimum absolute atomic E-state index is 0.139. The minimum Gasteiger partial charge on any atom is -0.480 e. The van der Waals surface area contributed by atoms with Crippen molar-refractivity contribution in [3.05, 3.63) is 34.4 Å². The van der Waals surface area contributed by atoms with Crippen molar-refractivity contribution in [3.63, 3.8) is 0 Å². The van der Waals surface area contributed by atoms with Crippen LogP contribution in [0.25, 0.3) is 10.9 Å². The Labute approximate surface area is 136 Å². The van der Waals surface area contributed by atoms with E-state index in [2.05, 4.69) is 26.2 Å². The molecule has 0 saturated carbocycles. The number of rotatable bonds is 7. The summed E-state index contributed by atoms with van der Waals surface area (Å²) in [7, 11) is 1.49. The van der Waals surface area contributed by atoms with Gasteiger partial charge < -0.3 is 20.1 Å². The SMILES string of the molecule is COCCC(=O)NC(Cc1c[nH]c2ccc(Br)cc12)C(=O)O. The zero-order valence-electron chi connectivity index (χ0n) is 12.1. The van der Waals surface area contributed by atoms with E-state index in [1.165, 1.54) is 7.11 Å². The molecular weight excluding hydrogens is 352 g/mol. The van der Waals surface area contributed by atoms with Gasteiger partial charge >= 0.3 is 5.97 Å². The summed E-state index contributed by atoms with van der Waals surface area (Å²) in [6, 6.07) is 4.77. The average Bonchev–Trinajstić information content (AvgIpc) is 2.86. The molecule has 1 amide bonds. The molecule has 0 spiro atoms. The van der Waals surface area contributed by atoms with E-state index >= 15 is 0 Å². The monoisotopic (exact) mass is 368 g/mol. The molecule has 0 bridgehead atoms. The topological polar surface area (TPSA) is 91.4 Å². The van der Waals surface area contributed by atoms with Gasteiger partial charge in [0, 0.05) is 41.5 Å². The van der Waals surface area contributed by atoms with Crippen LogP contribution in [-0.4, -0.2) is 41.7 Å². The van der Waals surface area contributed by atoms with Crippen molar-refractivity contribution in [1.29, 1.82) is 0 Å². The highest BCUT2D eigenvalue weighted by Crippen LogP contribution is 2.23. The normalized spacial score (nSPS) is 12.3. The van der Waals surface area contributed by atoms with Gasteiger partial charge in [-0.25, -0.2) is 4.79 Å². The van der Waals surface area contributed by atoms with Gasteiger partial charge in [-0.1, -0.05) is 15.9 Å². The number of hydrogen-bond acceptors (Lipinski definition) is 3. The minimum atomic E-state index is -1.06. The van der Waals surface area contributed by atoms with Gasteiger partial charge in [0.2, 0.25) is 5.91 Å². The van der Waals surface area contributed by atoms with Crippen LogP contribution in [-0.2, 0) is 20.7 Å². The van der Waals surface area contributed by atoms with Crippen LogP contribution >= 0.6 is 15.9 Å². The standard InChI is InChI=1S/C15H17BrN2O4/c1-22-5-4-14(19)18-13(15(20)21)6-9-8-17-12-3-2-10(16)7-11(9)12/h2-3,7-8,13,17H,4-6H2,1H3,(H,18,19)(H,20,21). The predicted octanol–water partition coefficient (Wildman–Crippen LogP) is 2.08. The number of carboxylic acid groups (broad SMARTS) is 1. The van der Waals surface area contributed by atoms with Crippen LogP contribution in [0.3, 0.4) is 0 Å². The quantitative estimate of drug-likeness (QED) is 0.697. The Morgan fingerprint density at radius 3 is 2.91 bits per heavy atom. The number of nitrogens with one attached hydrogen (secondary N) is 2. The summed E-state index contributed by atoms with van der Waals surface area (Å²) in [5.41, 5.74) is 1.77. The molecule has 118 valence electrons. The van der Waals surface area contributed by atoms with Gasteiger partial charge in [0.05, 0.1) is 6.61 Å². The Hall–Kier alpha value is -1.86. The fourth-order valence-electron chi connectivity index (χ4n) is 2.20. The molecular formula is C15H17BrN2O4. The molecule has 6 nitrogen and oxygen atoms in total. The predicted molar refractivity (Wildman–Crippen MR) is 85.8 cm³/mol. The van der Waals surface area contributed by atoms with Gasteiger partial charge in [-0.3, -0.25) is 4.79 Å². The Morgan fingerprint density at radius 2 is 2.23 bits per heavy atom. The van der Waals surface area contributed by atoms with Gasteiger partial charge in [0.15, 0.2) is 0 Å². The van der Waals surface area contributed by atoms with Gasteiger partial charge in [-0.05, 0) is 23.8 Å². The number of carboxylic acids is 1. The molecule has 1 aromatic carbocycles. The highest BCUT2D eigenvalue weighted by Gasteiger charge is 2.21. The molecule has 1 aromatic heterocycles. The Balaban J connectivity index is 2.14. The highest BCUT2D eigenvalue weighted by molar-refractivity contribution is 9.10. The van der Waals surface area contributed by atoms with Gasteiger partial charge in [-0.15, -0.1) is 0 Å². The third-order valence-electron chi connectivity index (χ3n) is 3.32. The first kappa shape index (κ1) is 16.5. The number of aliphatic carboxylic acids is 1. The van der Waals surface area contributed by atoms with Gasteiger partial charge in [0.25, 0.3) is 0 Å². The zero-order chi connectivity index (χ0) is 16.1. The maximum absolute atomic E-state index is 11.7. The van der Waals surface area contributed by atoms with E-state index in [0.717, 1.165) is 20.9 Å². The fraction of sp³-hybridized carbons (Fsp3) is 0.333. The van der Waals surface area contributed by atoms with Crippen molar-refractivity contribution in [1.82, 2.24) is 10.3 Å². The van der Waals surface area contributed by atoms with Gasteiger partial charge in [0.1, 0.15) is 6.04 Å². The summed E-state index contributed by atoms with van der Waals surface area (Å²) in [4.78, 5) is 26.2. The molecule has 22 heavy (non-hydrogen) atoms. The van der Waals surface area contributed by atoms with Crippen LogP contribution in [0.1, 0.15) is 12.0 Å². The number of carbonyl (C=O) groups is 2. The van der Waals surface area contributed by atoms with Gasteiger partial charge in [-0.2, -0.15) is 0 Å². The van der Waals surface area contributed by atoms with E-state index in [-0.39, 0.29) is 25.4 Å². The lowest BCUT2D eigenvalue weighted by Crippen LogP contribution is -2.42. The number of carbonyl (C=O) groups excluding carboxylic acids is 1. The number of aromatic nitrogens is 1. The van der Waals surface area contributed by atoms with Crippen molar-refractivity contribution < 1.29 is 19.4 Å². The summed E-state index contributed by atoms with van der Waals surface area (Å²) in [6.45, 7) is 0.262. The lowest BCUT2D eigenvalue weighted by molar-refractivity contribution is -0.141. The van der Waals surface area contributed by atoms with E-state index in [9.17, 15) is 14.7 Å². The second-order valence-corrected chi connectivity index (χ2v) is 5.82. The fourth-order valence-corrected chi connectivity index (χ4v) is 2.56. The molecule has 2 rings (SSSR count). The summed E-state index contributed by atoms with van der Waals surface area (Å²) in [5, 5.41) is 12.8. The first-order valence-electron chi connectivity index (χ1n) is 6.78. The van der Waals surface area contributed by atoms with Crippen molar-refractivity contribution >= 4 is 38.7 Å². The number of H-pyrrole nitrogens is 1. The molecule has 0 aliphatic rings. The molecule has 1 heterocycles. The van der Waals surface area contributed by atoms with Crippen LogP contribution in [0.15, 0.2) is 28.9 Å². The first-order chi connectivity index (χ1) is 10.5.